The molecule has 6 nitrogen and oxygen atoms in total. The minimum absolute atomic E-state index is 0.0467. The third-order valence-corrected chi connectivity index (χ3v) is 4.95. The van der Waals surface area contributed by atoms with Gasteiger partial charge in [-0.1, -0.05) is 6.07 Å². The van der Waals surface area contributed by atoms with Gasteiger partial charge in [-0.3, -0.25) is 14.7 Å². The zero-order chi connectivity index (χ0) is 17.5. The molecule has 0 saturated carbocycles. The number of pyridine rings is 1. The third kappa shape index (κ3) is 4.86. The average molecular weight is 339 g/mol. The van der Waals surface area contributed by atoms with Crippen LogP contribution in [0, 0.1) is 12.3 Å². The number of rotatable bonds is 9. The smallest absolute Gasteiger partial charge is 0.220 e. The van der Waals surface area contributed by atoms with Crippen molar-refractivity contribution in [3.05, 3.63) is 30.1 Å². The Bertz CT molecular complexity index is 640. The highest BCUT2D eigenvalue weighted by atomic mass is 16.1. The number of nitrogens with zero attached hydrogens (tertiary/aromatic N) is 4. The van der Waals surface area contributed by atoms with Crippen molar-refractivity contribution in [2.45, 2.75) is 50.2 Å². The van der Waals surface area contributed by atoms with Crippen LogP contribution in [0.4, 0.5) is 0 Å². The summed E-state index contributed by atoms with van der Waals surface area (Å²) in [5, 5.41) is 11.2. The fourth-order valence-electron chi connectivity index (χ4n) is 3.36. The summed E-state index contributed by atoms with van der Waals surface area (Å²) in [5.74, 6) is 2.66. The number of terminal acetylenes is 1. The van der Waals surface area contributed by atoms with E-state index in [2.05, 4.69) is 37.4 Å². The molecule has 25 heavy (non-hydrogen) atoms. The van der Waals surface area contributed by atoms with Crippen LogP contribution >= 0.6 is 0 Å². The van der Waals surface area contributed by atoms with Crippen molar-refractivity contribution in [3.63, 3.8) is 0 Å². The predicted octanol–water partition coefficient (Wildman–Crippen LogP) is 2.69. The molecule has 0 aromatic carbocycles. The summed E-state index contributed by atoms with van der Waals surface area (Å²) in [7, 11) is 0. The first kappa shape index (κ1) is 17.6. The molecule has 1 saturated heterocycles. The molecule has 0 aliphatic carbocycles. The van der Waals surface area contributed by atoms with Crippen molar-refractivity contribution < 1.29 is 4.79 Å². The van der Waals surface area contributed by atoms with E-state index in [0.717, 1.165) is 25.1 Å². The Morgan fingerprint density at radius 3 is 2.80 bits per heavy atom. The maximum atomic E-state index is 12.3. The lowest BCUT2D eigenvalue weighted by molar-refractivity contribution is -0.121. The number of aromatic nitrogens is 1. The minimum Gasteiger partial charge on any atom is -0.354 e. The van der Waals surface area contributed by atoms with Crippen molar-refractivity contribution in [2.75, 3.05) is 19.6 Å². The first-order valence-electron chi connectivity index (χ1n) is 9.01. The highest BCUT2D eigenvalue weighted by Gasteiger charge is 2.39. The molecule has 1 fully saturated rings. The molecule has 0 spiro atoms. The van der Waals surface area contributed by atoms with Crippen molar-refractivity contribution in [1.82, 2.24) is 15.2 Å². The molecule has 1 aromatic rings. The fourth-order valence-corrected chi connectivity index (χ4v) is 3.36. The van der Waals surface area contributed by atoms with E-state index < -0.39 is 0 Å². The first-order valence-corrected chi connectivity index (χ1v) is 9.01. The van der Waals surface area contributed by atoms with Crippen molar-refractivity contribution in [1.29, 1.82) is 0 Å². The van der Waals surface area contributed by atoms with E-state index in [-0.39, 0.29) is 17.6 Å². The SMILES string of the molecule is C#CCCC1(CCC(=O)NCC(c2cccnc2)N2CCCC2)N=N1. The monoisotopic (exact) mass is 339 g/mol. The quantitative estimate of drug-likeness (QED) is 0.703. The zero-order valence-corrected chi connectivity index (χ0v) is 14.5. The number of carbonyl (C=O) groups is 1. The largest absolute Gasteiger partial charge is 0.354 e. The highest BCUT2D eigenvalue weighted by molar-refractivity contribution is 5.76. The summed E-state index contributed by atoms with van der Waals surface area (Å²) in [6, 6.07) is 4.22. The lowest BCUT2D eigenvalue weighted by Crippen LogP contribution is -2.37. The standard InChI is InChI=1S/C19H25N5O/c1-2-3-9-19(22-23-19)10-8-18(25)21-15-17(24-12-4-5-13-24)16-7-6-11-20-14-16/h1,6-7,11,14,17H,3-5,8-10,12-13,15H2,(H,21,25). The van der Waals surface area contributed by atoms with E-state index in [9.17, 15) is 4.79 Å². The molecule has 132 valence electrons. The number of likely N-dealkylation sites (tertiary alicyclic amines) is 1. The summed E-state index contributed by atoms with van der Waals surface area (Å²) < 4.78 is 0. The molecular formula is C19H25N5O. The van der Waals surface area contributed by atoms with E-state index in [1.54, 1.807) is 6.20 Å². The van der Waals surface area contributed by atoms with Gasteiger partial charge in [0, 0.05) is 44.6 Å². The second-order valence-electron chi connectivity index (χ2n) is 6.74. The lowest BCUT2D eigenvalue weighted by Gasteiger charge is -2.28. The molecule has 1 atom stereocenters. The van der Waals surface area contributed by atoms with Crippen LogP contribution in [0.25, 0.3) is 0 Å². The van der Waals surface area contributed by atoms with Crippen LogP contribution < -0.4 is 5.32 Å². The average Bonchev–Trinajstić information content (AvgIpc) is 3.22. The Hall–Kier alpha value is -2.26. The molecule has 2 aliphatic heterocycles. The van der Waals surface area contributed by atoms with Gasteiger partial charge in [0.15, 0.2) is 5.66 Å². The Morgan fingerprint density at radius 1 is 1.36 bits per heavy atom. The summed E-state index contributed by atoms with van der Waals surface area (Å²) in [5.41, 5.74) is 0.767. The molecule has 2 aliphatic rings. The number of carbonyl (C=O) groups excluding carboxylic acids is 1. The summed E-state index contributed by atoms with van der Waals surface area (Å²) in [6.07, 6.45) is 13.8. The van der Waals surface area contributed by atoms with Crippen LogP contribution in [0.3, 0.4) is 0 Å². The summed E-state index contributed by atoms with van der Waals surface area (Å²) >= 11 is 0. The maximum absolute atomic E-state index is 12.3. The van der Waals surface area contributed by atoms with Gasteiger partial charge in [-0.05, 0) is 37.6 Å². The topological polar surface area (TPSA) is 70.0 Å². The van der Waals surface area contributed by atoms with Crippen molar-refractivity contribution in [2.24, 2.45) is 10.2 Å². The normalized spacial score (nSPS) is 19.3. The number of nitrogens with one attached hydrogen (secondary N) is 1. The Morgan fingerprint density at radius 2 is 2.16 bits per heavy atom. The van der Waals surface area contributed by atoms with Gasteiger partial charge in [0.25, 0.3) is 0 Å². The van der Waals surface area contributed by atoms with Gasteiger partial charge in [0.05, 0.1) is 6.04 Å². The van der Waals surface area contributed by atoms with E-state index in [1.807, 2.05) is 12.3 Å². The zero-order valence-electron chi connectivity index (χ0n) is 14.5. The van der Waals surface area contributed by atoms with Crippen LogP contribution in [0.1, 0.15) is 50.1 Å². The highest BCUT2D eigenvalue weighted by Crippen LogP contribution is 2.37. The van der Waals surface area contributed by atoms with Gasteiger partial charge in [0.1, 0.15) is 0 Å². The van der Waals surface area contributed by atoms with Gasteiger partial charge in [-0.25, -0.2) is 0 Å². The Kier molecular flexibility index (Phi) is 5.77. The number of hydrogen-bond acceptors (Lipinski definition) is 5. The molecule has 1 aromatic heterocycles. The predicted molar refractivity (Wildman–Crippen MR) is 95.7 cm³/mol. The molecule has 1 amide bonds. The van der Waals surface area contributed by atoms with Gasteiger partial charge < -0.3 is 5.32 Å². The van der Waals surface area contributed by atoms with Gasteiger partial charge in [0.2, 0.25) is 5.91 Å². The molecule has 1 unspecified atom stereocenters. The third-order valence-electron chi connectivity index (χ3n) is 4.95. The first-order chi connectivity index (χ1) is 12.2. The van der Waals surface area contributed by atoms with Crippen LogP contribution in [0.15, 0.2) is 34.8 Å². The molecule has 0 bridgehead atoms. The van der Waals surface area contributed by atoms with E-state index in [1.165, 1.54) is 12.8 Å². The minimum atomic E-state index is -0.387. The molecule has 0 radical (unpaired) electrons. The van der Waals surface area contributed by atoms with Gasteiger partial charge >= 0.3 is 0 Å². The van der Waals surface area contributed by atoms with Crippen LogP contribution in [0.2, 0.25) is 0 Å². The molecule has 3 heterocycles. The van der Waals surface area contributed by atoms with Gasteiger partial charge in [-0.15, -0.1) is 12.3 Å². The fraction of sp³-hybridized carbons (Fsp3) is 0.579. The molecular weight excluding hydrogens is 314 g/mol. The second kappa shape index (κ2) is 8.21. The van der Waals surface area contributed by atoms with Crippen LogP contribution in [-0.4, -0.2) is 41.1 Å². The maximum Gasteiger partial charge on any atom is 0.220 e. The summed E-state index contributed by atoms with van der Waals surface area (Å²) in [4.78, 5) is 18.9. The second-order valence-corrected chi connectivity index (χ2v) is 6.74. The Balaban J connectivity index is 1.49. The molecule has 3 rings (SSSR count). The van der Waals surface area contributed by atoms with E-state index in [4.69, 9.17) is 6.42 Å². The van der Waals surface area contributed by atoms with E-state index >= 15 is 0 Å². The molecule has 6 heteroatoms. The van der Waals surface area contributed by atoms with E-state index in [0.29, 0.717) is 25.8 Å². The van der Waals surface area contributed by atoms with Gasteiger partial charge in [-0.2, -0.15) is 10.2 Å². The lowest BCUT2D eigenvalue weighted by atomic mass is 10.0. The van der Waals surface area contributed by atoms with Crippen molar-refractivity contribution >= 4 is 5.91 Å². The number of hydrogen-bond donors (Lipinski definition) is 1. The van der Waals surface area contributed by atoms with Crippen LogP contribution in [-0.2, 0) is 4.79 Å². The number of amides is 1. The van der Waals surface area contributed by atoms with Crippen LogP contribution in [0.5, 0.6) is 0 Å². The van der Waals surface area contributed by atoms with Crippen molar-refractivity contribution in [3.8, 4) is 12.3 Å². The summed E-state index contributed by atoms with van der Waals surface area (Å²) in [6.45, 7) is 2.75. The Labute approximate surface area is 149 Å². The molecule has 1 N–H and O–H groups in total.